The molecular weight excluding hydrogens is 258 g/mol. The van der Waals surface area contributed by atoms with Crippen LogP contribution in [0.1, 0.15) is 90.9 Å². The zero-order valence-corrected chi connectivity index (χ0v) is 14.9. The first-order chi connectivity index (χ1) is 10.2. The van der Waals surface area contributed by atoms with E-state index >= 15 is 0 Å². The lowest BCUT2D eigenvalue weighted by Gasteiger charge is -2.17. The van der Waals surface area contributed by atoms with Gasteiger partial charge in [-0.2, -0.15) is 0 Å². The normalized spacial score (nSPS) is 11.9. The van der Waals surface area contributed by atoms with Crippen molar-refractivity contribution < 1.29 is 0 Å². The van der Waals surface area contributed by atoms with Gasteiger partial charge in [0.1, 0.15) is 0 Å². The molecule has 126 valence electrons. The summed E-state index contributed by atoms with van der Waals surface area (Å²) in [5.41, 5.74) is 5.84. The molecule has 0 aliphatic rings. The molecule has 3 nitrogen and oxygen atoms in total. The average molecular weight is 298 g/mol. The molecule has 2 N–H and O–H groups in total. The molecule has 0 aliphatic heterocycles. The van der Waals surface area contributed by atoms with Gasteiger partial charge in [-0.3, -0.25) is 4.99 Å². The smallest absolute Gasteiger partial charge is 0.190 e. The average Bonchev–Trinajstić information content (AvgIpc) is 2.48. The van der Waals surface area contributed by atoms with E-state index in [1.807, 2.05) is 14.0 Å². The summed E-state index contributed by atoms with van der Waals surface area (Å²) in [5.74, 6) is 0.681. The van der Waals surface area contributed by atoms with Gasteiger partial charge in [-0.1, -0.05) is 77.6 Å². The van der Waals surface area contributed by atoms with Crippen LogP contribution < -0.4 is 5.73 Å². The number of nitrogens with two attached hydrogens (primary N) is 1. The van der Waals surface area contributed by atoms with E-state index in [0.29, 0.717) is 5.96 Å². The van der Waals surface area contributed by atoms with Gasteiger partial charge in [-0.05, 0) is 13.3 Å². The quantitative estimate of drug-likeness (QED) is 0.280. The van der Waals surface area contributed by atoms with Crippen molar-refractivity contribution >= 4 is 5.96 Å². The van der Waals surface area contributed by atoms with Crippen molar-refractivity contribution in [2.45, 2.75) is 90.9 Å². The van der Waals surface area contributed by atoms with Crippen molar-refractivity contribution in [3.63, 3.8) is 0 Å². The lowest BCUT2D eigenvalue weighted by molar-refractivity contribution is 0.458. The van der Waals surface area contributed by atoms with Crippen LogP contribution in [0.25, 0.3) is 0 Å². The molecule has 3 heteroatoms. The van der Waals surface area contributed by atoms with Crippen molar-refractivity contribution in [1.82, 2.24) is 4.90 Å². The minimum absolute atomic E-state index is 0.681. The predicted molar refractivity (Wildman–Crippen MR) is 95.9 cm³/mol. The summed E-state index contributed by atoms with van der Waals surface area (Å²) in [7, 11) is 2.03. The molecule has 0 spiro atoms. The largest absolute Gasteiger partial charge is 0.370 e. The van der Waals surface area contributed by atoms with E-state index < -0.39 is 0 Å². The molecule has 0 aromatic carbocycles. The molecule has 0 atom stereocenters. The lowest BCUT2D eigenvalue weighted by Crippen LogP contribution is -2.34. The molecule has 0 saturated carbocycles. The number of guanidine groups is 1. The van der Waals surface area contributed by atoms with Crippen LogP contribution in [-0.2, 0) is 0 Å². The summed E-state index contributed by atoms with van der Waals surface area (Å²) in [6.45, 7) is 6.11. The molecule has 0 radical (unpaired) electrons. The van der Waals surface area contributed by atoms with Gasteiger partial charge in [0.25, 0.3) is 0 Å². The first-order valence-corrected chi connectivity index (χ1v) is 9.23. The molecule has 0 rings (SSSR count). The standard InChI is InChI=1S/C18H39N3/c1-4-6-7-8-9-10-11-12-13-14-15-16-17-21(3)18(19)20-5-2/h4-17H2,1-3H3,(H2,19,20). The Morgan fingerprint density at radius 1 is 0.762 bits per heavy atom. The van der Waals surface area contributed by atoms with Crippen LogP contribution in [0, 0.1) is 0 Å². The third-order valence-corrected chi connectivity index (χ3v) is 4.06. The van der Waals surface area contributed by atoms with E-state index in [-0.39, 0.29) is 0 Å². The summed E-state index contributed by atoms with van der Waals surface area (Å²) in [4.78, 5) is 6.29. The molecule has 0 unspecified atom stereocenters. The van der Waals surface area contributed by atoms with Gasteiger partial charge in [0, 0.05) is 20.1 Å². The molecule has 0 saturated heterocycles. The topological polar surface area (TPSA) is 41.6 Å². The van der Waals surface area contributed by atoms with Gasteiger partial charge in [0.15, 0.2) is 5.96 Å². The Morgan fingerprint density at radius 3 is 1.62 bits per heavy atom. The van der Waals surface area contributed by atoms with Crippen molar-refractivity contribution in [3.8, 4) is 0 Å². The Morgan fingerprint density at radius 2 is 1.19 bits per heavy atom. The van der Waals surface area contributed by atoms with Crippen LogP contribution >= 0.6 is 0 Å². The minimum atomic E-state index is 0.681. The second-order valence-corrected chi connectivity index (χ2v) is 6.14. The van der Waals surface area contributed by atoms with Crippen molar-refractivity contribution in [2.75, 3.05) is 20.1 Å². The van der Waals surface area contributed by atoms with Gasteiger partial charge < -0.3 is 10.6 Å². The molecule has 0 bridgehead atoms. The van der Waals surface area contributed by atoms with Crippen molar-refractivity contribution in [1.29, 1.82) is 0 Å². The van der Waals surface area contributed by atoms with E-state index in [2.05, 4.69) is 16.8 Å². The Labute approximate surface area is 133 Å². The van der Waals surface area contributed by atoms with Crippen LogP contribution in [0.2, 0.25) is 0 Å². The molecule has 0 aliphatic carbocycles. The zero-order chi connectivity index (χ0) is 15.8. The van der Waals surface area contributed by atoms with E-state index in [1.165, 1.54) is 77.0 Å². The Hall–Kier alpha value is -0.730. The Balaban J connectivity index is 3.20. The maximum absolute atomic E-state index is 5.84. The monoisotopic (exact) mass is 297 g/mol. The van der Waals surface area contributed by atoms with Gasteiger partial charge >= 0.3 is 0 Å². The molecule has 0 aromatic rings. The number of nitrogens with zero attached hydrogens (tertiary/aromatic N) is 2. The fourth-order valence-electron chi connectivity index (χ4n) is 2.59. The summed E-state index contributed by atoms with van der Waals surface area (Å²) in [6.07, 6.45) is 16.7. The second kappa shape index (κ2) is 15.7. The fourth-order valence-corrected chi connectivity index (χ4v) is 2.59. The molecule has 0 fully saturated rings. The number of hydrogen-bond donors (Lipinski definition) is 1. The lowest BCUT2D eigenvalue weighted by atomic mass is 10.1. The predicted octanol–water partition coefficient (Wildman–Crippen LogP) is 4.95. The third-order valence-electron chi connectivity index (χ3n) is 4.06. The van der Waals surface area contributed by atoms with E-state index in [4.69, 9.17) is 5.73 Å². The Kier molecular flexibility index (Phi) is 15.1. The van der Waals surface area contributed by atoms with Crippen LogP contribution in [0.5, 0.6) is 0 Å². The van der Waals surface area contributed by atoms with Crippen LogP contribution in [0.15, 0.2) is 4.99 Å². The Bertz CT molecular complexity index is 239. The molecule has 0 aromatic heterocycles. The maximum atomic E-state index is 5.84. The van der Waals surface area contributed by atoms with Gasteiger partial charge in [0.05, 0.1) is 0 Å². The second-order valence-electron chi connectivity index (χ2n) is 6.14. The van der Waals surface area contributed by atoms with Crippen LogP contribution in [-0.4, -0.2) is 31.0 Å². The van der Waals surface area contributed by atoms with Gasteiger partial charge in [-0.25, -0.2) is 0 Å². The maximum Gasteiger partial charge on any atom is 0.190 e. The van der Waals surface area contributed by atoms with E-state index in [0.717, 1.165) is 13.1 Å². The number of aliphatic imine (C=N–C) groups is 1. The highest BCUT2D eigenvalue weighted by atomic mass is 15.2. The number of unbranched alkanes of at least 4 members (excludes halogenated alkanes) is 11. The minimum Gasteiger partial charge on any atom is -0.370 e. The first-order valence-electron chi connectivity index (χ1n) is 9.23. The summed E-state index contributed by atoms with van der Waals surface area (Å²) in [6, 6.07) is 0. The van der Waals surface area contributed by atoms with Crippen LogP contribution in [0.3, 0.4) is 0 Å². The molecule has 21 heavy (non-hydrogen) atoms. The summed E-state index contributed by atoms with van der Waals surface area (Å²) >= 11 is 0. The third kappa shape index (κ3) is 14.0. The molecule has 0 heterocycles. The van der Waals surface area contributed by atoms with Crippen molar-refractivity contribution in [2.24, 2.45) is 10.7 Å². The zero-order valence-electron chi connectivity index (χ0n) is 14.9. The summed E-state index contributed by atoms with van der Waals surface area (Å²) < 4.78 is 0. The number of rotatable bonds is 14. The van der Waals surface area contributed by atoms with Crippen LogP contribution in [0.4, 0.5) is 0 Å². The molecule has 0 amide bonds. The first kappa shape index (κ1) is 20.3. The van der Waals surface area contributed by atoms with Gasteiger partial charge in [0.2, 0.25) is 0 Å². The van der Waals surface area contributed by atoms with Gasteiger partial charge in [-0.15, -0.1) is 0 Å². The summed E-state index contributed by atoms with van der Waals surface area (Å²) in [5, 5.41) is 0. The number of hydrogen-bond acceptors (Lipinski definition) is 1. The highest BCUT2D eigenvalue weighted by Crippen LogP contribution is 2.11. The van der Waals surface area contributed by atoms with E-state index in [9.17, 15) is 0 Å². The highest BCUT2D eigenvalue weighted by molar-refractivity contribution is 5.77. The van der Waals surface area contributed by atoms with Crippen molar-refractivity contribution in [3.05, 3.63) is 0 Å². The SMILES string of the molecule is CCCCCCCCCCCCCCN(C)C(N)=NCC. The highest BCUT2D eigenvalue weighted by Gasteiger charge is 2.00. The fraction of sp³-hybridized carbons (Fsp3) is 0.944. The van der Waals surface area contributed by atoms with E-state index in [1.54, 1.807) is 0 Å². The molecular formula is C18H39N3.